The van der Waals surface area contributed by atoms with Crippen molar-refractivity contribution in [3.63, 3.8) is 0 Å². The van der Waals surface area contributed by atoms with E-state index in [0.29, 0.717) is 12.8 Å². The van der Waals surface area contributed by atoms with Crippen molar-refractivity contribution in [1.82, 2.24) is 4.90 Å². The molecule has 2 bridgehead atoms. The van der Waals surface area contributed by atoms with Gasteiger partial charge in [0.1, 0.15) is 6.61 Å². The summed E-state index contributed by atoms with van der Waals surface area (Å²) in [5.41, 5.74) is 1.99. The van der Waals surface area contributed by atoms with Crippen LogP contribution in [-0.2, 0) is 16.9 Å². The van der Waals surface area contributed by atoms with Gasteiger partial charge in [0.15, 0.2) is 0 Å². The minimum absolute atomic E-state index is 0.0180. The molecular formula is C23H25NO3. The summed E-state index contributed by atoms with van der Waals surface area (Å²) < 4.78 is 5.55. The van der Waals surface area contributed by atoms with Crippen LogP contribution in [0.3, 0.4) is 0 Å². The lowest BCUT2D eigenvalue weighted by molar-refractivity contribution is -0.0537. The van der Waals surface area contributed by atoms with E-state index < -0.39 is 5.60 Å². The molecule has 2 fully saturated rings. The van der Waals surface area contributed by atoms with E-state index in [0.717, 1.165) is 29.5 Å². The molecule has 27 heavy (non-hydrogen) atoms. The van der Waals surface area contributed by atoms with E-state index in [1.54, 1.807) is 6.08 Å². The Balaban J connectivity index is 1.46. The Bertz CT molecular complexity index is 819. The first kappa shape index (κ1) is 17.8. The maximum Gasteiger partial charge on any atom is 0.410 e. The average Bonchev–Trinajstić information content (AvgIpc) is 2.99. The maximum atomic E-state index is 12.7. The Kier molecular flexibility index (Phi) is 4.75. The number of nitrogens with zero attached hydrogens (tertiary/aromatic N) is 1. The molecule has 2 aromatic rings. The van der Waals surface area contributed by atoms with Gasteiger partial charge in [-0.2, -0.15) is 0 Å². The summed E-state index contributed by atoms with van der Waals surface area (Å²) >= 11 is 0. The molecule has 2 unspecified atom stereocenters. The lowest BCUT2D eigenvalue weighted by Crippen LogP contribution is -2.52. The smallest absolute Gasteiger partial charge is 0.410 e. The first-order chi connectivity index (χ1) is 13.1. The molecule has 0 aromatic heterocycles. The zero-order valence-electron chi connectivity index (χ0n) is 15.4. The van der Waals surface area contributed by atoms with Crippen LogP contribution in [0.2, 0.25) is 0 Å². The molecule has 4 rings (SSSR count). The van der Waals surface area contributed by atoms with Crippen molar-refractivity contribution in [2.45, 2.75) is 50.0 Å². The van der Waals surface area contributed by atoms with Crippen molar-refractivity contribution in [3.8, 4) is 0 Å². The summed E-state index contributed by atoms with van der Waals surface area (Å²) in [4.78, 5) is 14.5. The fourth-order valence-corrected chi connectivity index (χ4v) is 4.51. The molecule has 0 aliphatic carbocycles. The number of hydrogen-bond acceptors (Lipinski definition) is 3. The van der Waals surface area contributed by atoms with Crippen LogP contribution < -0.4 is 0 Å². The molecule has 0 saturated carbocycles. The van der Waals surface area contributed by atoms with E-state index in [1.165, 1.54) is 0 Å². The predicted octanol–water partition coefficient (Wildman–Crippen LogP) is 4.48. The number of fused-ring (bicyclic) bond motifs is 2. The Morgan fingerprint density at radius 1 is 1.15 bits per heavy atom. The Labute approximate surface area is 160 Å². The first-order valence-electron chi connectivity index (χ1n) is 9.53. The molecule has 2 aliphatic heterocycles. The standard InChI is InChI=1S/C23H25NO3/c1-2-17-9-6-10-19(13-17)23(26)14-20-11-12-21(15-23)24(20)22(25)27-16-18-7-4-3-5-8-18/h2-10,13,20-21,26H,1,11-12,14-16H2. The summed E-state index contributed by atoms with van der Waals surface area (Å²) in [5.74, 6) is 0. The minimum Gasteiger partial charge on any atom is -0.445 e. The molecule has 140 valence electrons. The lowest BCUT2D eigenvalue weighted by atomic mass is 9.80. The lowest BCUT2D eigenvalue weighted by Gasteiger charge is -2.43. The van der Waals surface area contributed by atoms with Crippen molar-refractivity contribution >= 4 is 12.2 Å². The van der Waals surface area contributed by atoms with Gasteiger partial charge in [-0.3, -0.25) is 0 Å². The number of hydrogen-bond donors (Lipinski definition) is 1. The maximum absolute atomic E-state index is 12.7. The molecular weight excluding hydrogens is 338 g/mol. The van der Waals surface area contributed by atoms with Crippen molar-refractivity contribution in [2.75, 3.05) is 0 Å². The van der Waals surface area contributed by atoms with Crippen LogP contribution in [0.15, 0.2) is 61.2 Å². The number of amides is 1. The van der Waals surface area contributed by atoms with Gasteiger partial charge in [-0.25, -0.2) is 4.79 Å². The summed E-state index contributed by atoms with van der Waals surface area (Å²) in [6.45, 7) is 4.09. The van der Waals surface area contributed by atoms with Crippen LogP contribution in [0.25, 0.3) is 6.08 Å². The third-order valence-corrected chi connectivity index (χ3v) is 5.84. The van der Waals surface area contributed by atoms with E-state index in [-0.39, 0.29) is 24.8 Å². The van der Waals surface area contributed by atoms with Gasteiger partial charge in [-0.1, -0.05) is 61.2 Å². The Hall–Kier alpha value is -2.59. The van der Waals surface area contributed by atoms with E-state index in [2.05, 4.69) is 6.58 Å². The zero-order valence-corrected chi connectivity index (χ0v) is 15.4. The number of carbonyl (C=O) groups excluding carboxylic acids is 1. The quantitative estimate of drug-likeness (QED) is 0.871. The monoisotopic (exact) mass is 363 g/mol. The molecule has 0 spiro atoms. The molecule has 2 aromatic carbocycles. The van der Waals surface area contributed by atoms with Gasteiger partial charge >= 0.3 is 6.09 Å². The molecule has 2 aliphatic rings. The van der Waals surface area contributed by atoms with Crippen LogP contribution in [0.5, 0.6) is 0 Å². The Morgan fingerprint density at radius 3 is 2.52 bits per heavy atom. The van der Waals surface area contributed by atoms with Gasteiger partial charge in [-0.05, 0) is 35.6 Å². The highest BCUT2D eigenvalue weighted by Gasteiger charge is 2.50. The highest BCUT2D eigenvalue weighted by molar-refractivity contribution is 5.69. The summed E-state index contributed by atoms with van der Waals surface area (Å²) in [7, 11) is 0. The third-order valence-electron chi connectivity index (χ3n) is 5.84. The molecule has 0 radical (unpaired) electrons. The molecule has 4 nitrogen and oxygen atoms in total. The van der Waals surface area contributed by atoms with Crippen LogP contribution in [-0.4, -0.2) is 28.2 Å². The van der Waals surface area contributed by atoms with Crippen molar-refractivity contribution in [3.05, 3.63) is 77.9 Å². The second kappa shape index (κ2) is 7.20. The van der Waals surface area contributed by atoms with Gasteiger partial charge in [0.2, 0.25) is 0 Å². The highest BCUT2D eigenvalue weighted by Crippen LogP contribution is 2.46. The predicted molar refractivity (Wildman–Crippen MR) is 105 cm³/mol. The molecule has 1 amide bonds. The van der Waals surface area contributed by atoms with Gasteiger partial charge in [0.25, 0.3) is 0 Å². The fraction of sp³-hybridized carbons (Fsp3) is 0.348. The van der Waals surface area contributed by atoms with Crippen LogP contribution in [0.4, 0.5) is 4.79 Å². The third kappa shape index (κ3) is 3.50. The average molecular weight is 363 g/mol. The van der Waals surface area contributed by atoms with Crippen LogP contribution in [0.1, 0.15) is 42.4 Å². The van der Waals surface area contributed by atoms with Gasteiger partial charge in [0, 0.05) is 24.9 Å². The summed E-state index contributed by atoms with van der Waals surface area (Å²) in [5, 5.41) is 11.3. The normalized spacial score (nSPS) is 26.6. The van der Waals surface area contributed by atoms with Gasteiger partial charge in [-0.15, -0.1) is 0 Å². The van der Waals surface area contributed by atoms with E-state index in [9.17, 15) is 9.90 Å². The molecule has 4 heteroatoms. The molecule has 2 heterocycles. The van der Waals surface area contributed by atoms with Crippen molar-refractivity contribution in [2.24, 2.45) is 0 Å². The SMILES string of the molecule is C=Cc1cccc(C2(O)CC3CCC(C2)N3C(=O)OCc2ccccc2)c1. The molecule has 2 saturated heterocycles. The second-order valence-electron chi connectivity index (χ2n) is 7.60. The summed E-state index contributed by atoms with van der Waals surface area (Å²) in [6.07, 6.45) is 4.43. The number of piperidine rings is 1. The molecule has 1 N–H and O–H groups in total. The number of rotatable bonds is 4. The van der Waals surface area contributed by atoms with Gasteiger partial charge in [0.05, 0.1) is 5.60 Å². The van der Waals surface area contributed by atoms with E-state index in [1.807, 2.05) is 59.5 Å². The Morgan fingerprint density at radius 2 is 1.85 bits per heavy atom. The van der Waals surface area contributed by atoms with Crippen LogP contribution in [0, 0.1) is 0 Å². The van der Waals surface area contributed by atoms with Crippen molar-refractivity contribution in [1.29, 1.82) is 0 Å². The summed E-state index contributed by atoms with van der Waals surface area (Å²) in [6, 6.07) is 17.6. The number of aliphatic hydroxyl groups is 1. The topological polar surface area (TPSA) is 49.8 Å². The minimum atomic E-state index is -0.902. The number of benzene rings is 2. The van der Waals surface area contributed by atoms with Crippen molar-refractivity contribution < 1.29 is 14.6 Å². The van der Waals surface area contributed by atoms with Gasteiger partial charge < -0.3 is 14.7 Å². The van der Waals surface area contributed by atoms with E-state index >= 15 is 0 Å². The van der Waals surface area contributed by atoms with E-state index in [4.69, 9.17) is 4.74 Å². The first-order valence-corrected chi connectivity index (χ1v) is 9.53. The number of carbonyl (C=O) groups is 1. The van der Waals surface area contributed by atoms with Crippen LogP contribution >= 0.6 is 0 Å². The zero-order chi connectivity index (χ0) is 18.9. The molecule has 2 atom stereocenters. The highest BCUT2D eigenvalue weighted by atomic mass is 16.6. The second-order valence-corrected chi connectivity index (χ2v) is 7.60. The largest absolute Gasteiger partial charge is 0.445 e. The fourth-order valence-electron chi connectivity index (χ4n) is 4.51. The number of ether oxygens (including phenoxy) is 1.